The van der Waals surface area contributed by atoms with Gasteiger partial charge in [0.1, 0.15) is 34.9 Å². The van der Waals surface area contributed by atoms with Crippen LogP contribution in [0, 0.1) is 23.3 Å². The predicted octanol–water partition coefficient (Wildman–Crippen LogP) is 10.7. The highest BCUT2D eigenvalue weighted by Crippen LogP contribution is 2.39. The van der Waals surface area contributed by atoms with Crippen LogP contribution in [0.3, 0.4) is 0 Å². The second kappa shape index (κ2) is 27.0. The molecule has 4 saturated heterocycles. The van der Waals surface area contributed by atoms with E-state index in [1.807, 2.05) is 9.80 Å². The number of pyridine rings is 2. The molecule has 88 heavy (non-hydrogen) atoms. The molecule has 3 aromatic carbocycles. The molecule has 4 aliphatic heterocycles. The zero-order valence-electron chi connectivity index (χ0n) is 47.4. The first-order valence-electron chi connectivity index (χ1n) is 28.7. The van der Waals surface area contributed by atoms with Crippen LogP contribution in [0.5, 0.6) is 0 Å². The molecule has 8 heterocycles. The van der Waals surface area contributed by atoms with E-state index in [2.05, 4.69) is 19.9 Å². The number of aromatic nitrogens is 4. The maximum Gasteiger partial charge on any atom is 0.437 e. The fourth-order valence-electron chi connectivity index (χ4n) is 11.1. The summed E-state index contributed by atoms with van der Waals surface area (Å²) >= 11 is 0. The van der Waals surface area contributed by atoms with Gasteiger partial charge >= 0.3 is 12.4 Å². The Bertz CT molecular complexity index is 3570. The van der Waals surface area contributed by atoms with E-state index in [1.54, 1.807) is 75.4 Å². The Morgan fingerprint density at radius 3 is 1.35 bits per heavy atom. The minimum Gasteiger partial charge on any atom is -0.420 e. The molecule has 0 spiro atoms. The number of carbonyl (C=O) groups excluding carboxylic acids is 4. The number of hydrogen-bond donors (Lipinski definition) is 0. The van der Waals surface area contributed by atoms with E-state index >= 15 is 0 Å². The molecule has 4 aromatic heterocycles. The van der Waals surface area contributed by atoms with Gasteiger partial charge in [-0.15, -0.1) is 0 Å². The quantitative estimate of drug-likeness (QED) is 0.0703. The van der Waals surface area contributed by atoms with Crippen molar-refractivity contribution in [3.8, 4) is 0 Å². The number of rotatable bonds is 15. The number of anilines is 4. The number of oxazole rings is 2. The standard InChI is InChI=1S/C34H32F5N5O3.C28H28F5N5O3/c35-26-7-3-1-5-24(26)20-30(46)43-17-15-42(16-18-43)29-10-9-22(21-40-29)19-28(45)31-32(34(37,38)39)41-33(47-31)44-13-11-23(12-14-44)25-6-2-4-8-27(25)36;29-20-5-4-6-21(30)19(20)16-24(40)37-13-11-36(12-14-37)23-8-7-18(17-34-23)15-22(39)25-26(28(31,32)33)35-27(41-25)38-9-2-1-3-10-38/h1-10,21,23H,11-20H2;4-8,17H,1-3,9-16H2. The van der Waals surface area contributed by atoms with Crippen LogP contribution in [0.1, 0.15) is 98.3 Å². The summed E-state index contributed by atoms with van der Waals surface area (Å²) < 4.78 is 150. The molecule has 0 saturated carbocycles. The van der Waals surface area contributed by atoms with Crippen molar-refractivity contribution in [2.75, 3.05) is 98.1 Å². The van der Waals surface area contributed by atoms with Gasteiger partial charge in [0.2, 0.25) is 34.9 Å². The average Bonchev–Trinajstić information content (AvgIpc) is 4.21. The Balaban J connectivity index is 0.000000196. The zero-order chi connectivity index (χ0) is 62.3. The van der Waals surface area contributed by atoms with Crippen molar-refractivity contribution in [2.45, 2.75) is 76.1 Å². The van der Waals surface area contributed by atoms with E-state index in [0.29, 0.717) is 125 Å². The van der Waals surface area contributed by atoms with Crippen LogP contribution in [0.15, 0.2) is 112 Å². The maximum absolute atomic E-state index is 14.2. The predicted molar refractivity (Wildman–Crippen MR) is 302 cm³/mol. The Hall–Kier alpha value is -8.84. The maximum atomic E-state index is 14.2. The minimum absolute atomic E-state index is 0.0234. The number of amides is 2. The molecule has 2 amide bonds. The first-order valence-corrected chi connectivity index (χ1v) is 28.7. The summed E-state index contributed by atoms with van der Waals surface area (Å²) in [6.07, 6.45) is -4.44. The SMILES string of the molecule is O=C(Cc1ccc(N2CCN(C(=O)Cc3c(F)cccc3F)CC2)nc1)c1oc(N2CCCCC2)nc1C(F)(F)F.O=C(Cc1ccc(N2CCN(C(=O)Cc3ccccc3F)CC2)nc1)c1oc(N2CCC(c3ccccc3F)CC2)nc1C(F)(F)F. The highest BCUT2D eigenvalue weighted by atomic mass is 19.4. The summed E-state index contributed by atoms with van der Waals surface area (Å²) in [5, 5.41) is 0. The lowest BCUT2D eigenvalue weighted by Gasteiger charge is -2.35. The summed E-state index contributed by atoms with van der Waals surface area (Å²) in [6, 6.07) is 22.2. The molecular weight excluding hydrogens is 1170 g/mol. The second-order valence-electron chi connectivity index (χ2n) is 21.8. The molecule has 0 radical (unpaired) electrons. The number of benzene rings is 3. The van der Waals surface area contributed by atoms with Crippen LogP contribution < -0.4 is 19.6 Å². The van der Waals surface area contributed by atoms with Crippen LogP contribution in [-0.4, -0.2) is 132 Å². The minimum atomic E-state index is -4.90. The van der Waals surface area contributed by atoms with Crippen LogP contribution in [0.2, 0.25) is 0 Å². The lowest BCUT2D eigenvalue weighted by atomic mass is 9.89. The Morgan fingerprint density at radius 1 is 0.455 bits per heavy atom. The van der Waals surface area contributed by atoms with Crippen molar-refractivity contribution in [1.82, 2.24) is 29.7 Å². The van der Waals surface area contributed by atoms with Crippen molar-refractivity contribution in [2.24, 2.45) is 0 Å². The van der Waals surface area contributed by atoms with Gasteiger partial charge in [0.15, 0.2) is 11.4 Å². The van der Waals surface area contributed by atoms with Crippen LogP contribution >= 0.6 is 0 Å². The second-order valence-corrected chi connectivity index (χ2v) is 21.8. The highest BCUT2D eigenvalue weighted by molar-refractivity contribution is 5.97. The molecule has 4 aliphatic rings. The van der Waals surface area contributed by atoms with Gasteiger partial charge in [0.05, 0.1) is 12.8 Å². The lowest BCUT2D eigenvalue weighted by Crippen LogP contribution is -2.49. The van der Waals surface area contributed by atoms with E-state index in [-0.39, 0.29) is 66.8 Å². The van der Waals surface area contributed by atoms with E-state index in [4.69, 9.17) is 8.83 Å². The summed E-state index contributed by atoms with van der Waals surface area (Å²) in [6.45, 7) is 4.92. The van der Waals surface area contributed by atoms with Gasteiger partial charge in [-0.2, -0.15) is 36.3 Å². The molecular formula is C62H60F10N10O6. The third kappa shape index (κ3) is 14.9. The molecule has 0 unspecified atom stereocenters. The number of halogens is 10. The fourth-order valence-corrected chi connectivity index (χ4v) is 11.1. The average molecular weight is 1230 g/mol. The fraction of sp³-hybridized carbons (Fsp3) is 0.387. The summed E-state index contributed by atoms with van der Waals surface area (Å²) in [5.74, 6) is -5.13. The number of carbonyl (C=O) groups is 4. The molecule has 0 aliphatic carbocycles. The van der Waals surface area contributed by atoms with Gasteiger partial charge in [0, 0.05) is 109 Å². The summed E-state index contributed by atoms with van der Waals surface area (Å²) in [4.78, 5) is 77.5. The van der Waals surface area contributed by atoms with Gasteiger partial charge < -0.3 is 38.2 Å². The number of ketones is 2. The molecule has 0 bridgehead atoms. The first-order chi connectivity index (χ1) is 42.2. The topological polar surface area (TPSA) is 166 Å². The Labute approximate surface area is 498 Å². The monoisotopic (exact) mass is 1230 g/mol. The number of Topliss-reactive ketones (excluding diaryl/α,β-unsaturated/α-hetero) is 2. The third-order valence-electron chi connectivity index (χ3n) is 16.0. The van der Waals surface area contributed by atoms with Crippen LogP contribution in [0.25, 0.3) is 0 Å². The Kier molecular flexibility index (Phi) is 19.1. The number of piperidine rings is 2. The smallest absolute Gasteiger partial charge is 0.420 e. The number of nitrogens with zero attached hydrogens (tertiary/aromatic N) is 10. The lowest BCUT2D eigenvalue weighted by molar-refractivity contribution is -0.142. The third-order valence-corrected chi connectivity index (χ3v) is 16.0. The summed E-state index contributed by atoms with van der Waals surface area (Å²) in [7, 11) is 0. The van der Waals surface area contributed by atoms with Gasteiger partial charge in [-0.3, -0.25) is 19.2 Å². The molecule has 16 nitrogen and oxygen atoms in total. The van der Waals surface area contributed by atoms with Crippen molar-refractivity contribution in [1.29, 1.82) is 0 Å². The summed E-state index contributed by atoms with van der Waals surface area (Å²) in [5.41, 5.74) is -1.24. The molecule has 7 aromatic rings. The molecule has 26 heteroatoms. The van der Waals surface area contributed by atoms with Crippen LogP contribution in [-0.2, 0) is 47.6 Å². The normalized spacial score (nSPS) is 16.2. The number of alkyl halides is 6. The number of hydrogen-bond acceptors (Lipinski definition) is 14. The zero-order valence-corrected chi connectivity index (χ0v) is 47.4. The van der Waals surface area contributed by atoms with Gasteiger partial charge in [0.25, 0.3) is 12.0 Å². The van der Waals surface area contributed by atoms with Crippen molar-refractivity contribution in [3.05, 3.63) is 177 Å². The van der Waals surface area contributed by atoms with Gasteiger partial charge in [-0.1, -0.05) is 54.6 Å². The molecule has 464 valence electrons. The van der Waals surface area contributed by atoms with Crippen LogP contribution in [0.4, 0.5) is 67.6 Å². The first kappa shape index (κ1) is 62.2. The van der Waals surface area contributed by atoms with E-state index in [9.17, 15) is 63.1 Å². The van der Waals surface area contributed by atoms with Gasteiger partial charge in [-0.25, -0.2) is 27.5 Å². The van der Waals surface area contributed by atoms with Crippen molar-refractivity contribution < 1.29 is 71.9 Å². The molecule has 0 N–H and O–H groups in total. The highest BCUT2D eigenvalue weighted by Gasteiger charge is 2.44. The van der Waals surface area contributed by atoms with E-state index < -0.39 is 64.3 Å². The van der Waals surface area contributed by atoms with Crippen molar-refractivity contribution >= 4 is 47.0 Å². The Morgan fingerprint density at radius 2 is 0.898 bits per heavy atom. The molecule has 11 rings (SSSR count). The molecule has 0 atom stereocenters. The van der Waals surface area contributed by atoms with E-state index in [1.165, 1.54) is 35.5 Å². The molecule has 4 fully saturated rings. The van der Waals surface area contributed by atoms with E-state index in [0.717, 1.165) is 31.4 Å². The number of piperazine rings is 2. The van der Waals surface area contributed by atoms with Crippen molar-refractivity contribution in [3.63, 3.8) is 0 Å². The van der Waals surface area contributed by atoms with Gasteiger partial charge in [-0.05, 0) is 96.7 Å². The largest absolute Gasteiger partial charge is 0.437 e.